The summed E-state index contributed by atoms with van der Waals surface area (Å²) < 4.78 is 0. The van der Waals surface area contributed by atoms with Crippen molar-refractivity contribution in [2.75, 3.05) is 65.4 Å². The summed E-state index contributed by atoms with van der Waals surface area (Å²) in [6, 6.07) is 1.79. The van der Waals surface area contributed by atoms with Gasteiger partial charge in [0.1, 0.15) is 0 Å². The number of nitrogens with one attached hydrogen (secondary N) is 2. The minimum absolute atomic E-state index is 0.0979. The van der Waals surface area contributed by atoms with Crippen molar-refractivity contribution < 1.29 is 9.59 Å². The van der Waals surface area contributed by atoms with Crippen LogP contribution in [0.15, 0.2) is 0 Å². The van der Waals surface area contributed by atoms with Gasteiger partial charge in [0.15, 0.2) is 0 Å². The van der Waals surface area contributed by atoms with E-state index in [2.05, 4.69) is 20.4 Å². The number of carbonyl (C=O) groups excluding carboxylic acids is 2. The summed E-state index contributed by atoms with van der Waals surface area (Å²) in [4.78, 5) is 35.2. The SMILES string of the molecule is O=C(NCCCCNC(=O)N1CCN(C2C3CC4CC(C3)CC2C4)CC1)N1CCN(C2C3CC4CC(C3)CC2C4)CC1. The molecule has 2 heterocycles. The normalized spacial score (nSPS) is 42.8. The lowest BCUT2D eigenvalue weighted by Crippen LogP contribution is -2.61. The number of urea groups is 2. The fraction of sp³-hybridized carbons (Fsp3) is 0.941. The van der Waals surface area contributed by atoms with Gasteiger partial charge in [-0.2, -0.15) is 0 Å². The third-order valence-electron chi connectivity index (χ3n) is 13.6. The Labute approximate surface area is 253 Å². The van der Waals surface area contributed by atoms with E-state index in [1.54, 1.807) is 0 Å². The van der Waals surface area contributed by atoms with E-state index >= 15 is 0 Å². The first-order chi connectivity index (χ1) is 20.6. The number of hydrogen-bond acceptors (Lipinski definition) is 4. The van der Waals surface area contributed by atoms with Crippen LogP contribution < -0.4 is 10.6 Å². The molecule has 0 aromatic carbocycles. The van der Waals surface area contributed by atoms with Crippen molar-refractivity contribution in [1.82, 2.24) is 30.2 Å². The van der Waals surface area contributed by atoms with E-state index in [0.717, 1.165) is 125 Å². The van der Waals surface area contributed by atoms with Gasteiger partial charge in [-0.05, 0) is 124 Å². The highest BCUT2D eigenvalue weighted by Crippen LogP contribution is 2.56. The summed E-state index contributed by atoms with van der Waals surface area (Å²) in [5.41, 5.74) is 0. The Hall–Kier alpha value is -1.54. The van der Waals surface area contributed by atoms with Crippen molar-refractivity contribution in [3.05, 3.63) is 0 Å². The second kappa shape index (κ2) is 11.8. The van der Waals surface area contributed by atoms with Crippen LogP contribution in [0.4, 0.5) is 9.59 Å². The first-order valence-corrected chi connectivity index (χ1v) is 18.1. The van der Waals surface area contributed by atoms with Crippen LogP contribution in [-0.4, -0.2) is 109 Å². The molecule has 8 aliphatic carbocycles. The molecule has 2 saturated heterocycles. The van der Waals surface area contributed by atoms with Crippen molar-refractivity contribution in [3.63, 3.8) is 0 Å². The summed E-state index contributed by atoms with van der Waals surface area (Å²) in [5, 5.41) is 6.30. The second-order valence-corrected chi connectivity index (χ2v) is 16.1. The van der Waals surface area contributed by atoms with Gasteiger partial charge in [-0.15, -0.1) is 0 Å². The monoisotopic (exact) mass is 580 g/mol. The maximum atomic E-state index is 12.8. The van der Waals surface area contributed by atoms with Gasteiger partial charge in [0, 0.05) is 77.5 Å². The number of nitrogens with zero attached hydrogens (tertiary/aromatic N) is 4. The molecule has 10 aliphatic rings. The molecular formula is C34H56N6O2. The van der Waals surface area contributed by atoms with Gasteiger partial charge in [-0.25, -0.2) is 9.59 Å². The van der Waals surface area contributed by atoms with Crippen LogP contribution >= 0.6 is 0 Å². The molecule has 10 rings (SSSR count). The van der Waals surface area contributed by atoms with Crippen LogP contribution in [0.2, 0.25) is 0 Å². The molecule has 2 aliphatic heterocycles. The highest BCUT2D eigenvalue weighted by atomic mass is 16.2. The third-order valence-corrected chi connectivity index (χ3v) is 13.6. The van der Waals surface area contributed by atoms with Crippen molar-refractivity contribution in [1.29, 1.82) is 0 Å². The van der Waals surface area contributed by atoms with Gasteiger partial charge in [0.05, 0.1) is 0 Å². The van der Waals surface area contributed by atoms with Gasteiger partial charge in [0.25, 0.3) is 0 Å². The van der Waals surface area contributed by atoms with Crippen LogP contribution in [-0.2, 0) is 0 Å². The van der Waals surface area contributed by atoms with Gasteiger partial charge in [-0.3, -0.25) is 9.80 Å². The van der Waals surface area contributed by atoms with Gasteiger partial charge in [0.2, 0.25) is 0 Å². The molecule has 2 N–H and O–H groups in total. The standard InChI is InChI=1S/C34H56N6O2/c41-33(39-9-5-37(6-10-39)31-27-15-23-13-24(17-27)18-28(31)16-23)35-3-1-2-4-36-34(42)40-11-7-38(8-12-40)32-29-19-25-14-26(21-29)22-30(32)20-25/h23-32H,1-22H2,(H,35,41)(H,36,42). The predicted octanol–water partition coefficient (Wildman–Crippen LogP) is 4.07. The zero-order valence-corrected chi connectivity index (χ0v) is 25.9. The molecule has 0 spiro atoms. The lowest BCUT2D eigenvalue weighted by Gasteiger charge is -2.58. The zero-order chi connectivity index (χ0) is 28.2. The average molecular weight is 581 g/mol. The Morgan fingerprint density at radius 3 is 1.07 bits per heavy atom. The van der Waals surface area contributed by atoms with E-state index in [-0.39, 0.29) is 12.1 Å². The summed E-state index contributed by atoms with van der Waals surface area (Å²) in [6.07, 6.45) is 16.6. The Morgan fingerprint density at radius 1 is 0.452 bits per heavy atom. The summed E-state index contributed by atoms with van der Waals surface area (Å²) >= 11 is 0. The van der Waals surface area contributed by atoms with Crippen LogP contribution in [0, 0.1) is 47.3 Å². The molecule has 8 heteroatoms. The van der Waals surface area contributed by atoms with E-state index in [1.807, 2.05) is 9.80 Å². The first kappa shape index (κ1) is 28.0. The van der Waals surface area contributed by atoms with Crippen LogP contribution in [0.25, 0.3) is 0 Å². The number of carbonyl (C=O) groups is 2. The van der Waals surface area contributed by atoms with E-state index in [4.69, 9.17) is 0 Å². The molecule has 10 fully saturated rings. The number of rotatable bonds is 7. The topological polar surface area (TPSA) is 71.2 Å². The fourth-order valence-electron chi connectivity index (χ4n) is 12.3. The van der Waals surface area contributed by atoms with E-state index < -0.39 is 0 Å². The second-order valence-electron chi connectivity index (χ2n) is 16.1. The Kier molecular flexibility index (Phi) is 7.83. The average Bonchev–Trinajstić information content (AvgIpc) is 2.98. The lowest BCUT2D eigenvalue weighted by atomic mass is 9.54. The molecule has 8 saturated carbocycles. The molecule has 4 amide bonds. The van der Waals surface area contributed by atoms with Crippen molar-refractivity contribution in [3.8, 4) is 0 Å². The smallest absolute Gasteiger partial charge is 0.317 e. The fourth-order valence-corrected chi connectivity index (χ4v) is 12.3. The molecular weight excluding hydrogens is 524 g/mol. The number of hydrogen-bond donors (Lipinski definition) is 2. The summed E-state index contributed by atoms with van der Waals surface area (Å²) in [5.74, 6) is 7.81. The maximum absolute atomic E-state index is 12.8. The van der Waals surface area contributed by atoms with Crippen molar-refractivity contribution in [2.45, 2.75) is 89.1 Å². The molecule has 0 unspecified atom stereocenters. The molecule has 0 aromatic rings. The Balaban J connectivity index is 0.689. The molecule has 0 radical (unpaired) electrons. The highest BCUT2D eigenvalue weighted by Gasteiger charge is 2.51. The minimum atomic E-state index is 0.0979. The van der Waals surface area contributed by atoms with Crippen LogP contribution in [0.3, 0.4) is 0 Å². The maximum Gasteiger partial charge on any atom is 0.317 e. The Bertz CT molecular complexity index is 855. The minimum Gasteiger partial charge on any atom is -0.338 e. The molecule has 8 nitrogen and oxygen atoms in total. The van der Waals surface area contributed by atoms with Crippen LogP contribution in [0.1, 0.15) is 77.0 Å². The first-order valence-electron chi connectivity index (χ1n) is 18.1. The van der Waals surface area contributed by atoms with Crippen molar-refractivity contribution >= 4 is 12.1 Å². The predicted molar refractivity (Wildman–Crippen MR) is 164 cm³/mol. The van der Waals surface area contributed by atoms with E-state index in [1.165, 1.54) is 64.2 Å². The summed E-state index contributed by atoms with van der Waals surface area (Å²) in [6.45, 7) is 9.01. The number of unbranched alkanes of at least 4 members (excludes halogenated alkanes) is 1. The van der Waals surface area contributed by atoms with Crippen LogP contribution in [0.5, 0.6) is 0 Å². The van der Waals surface area contributed by atoms with E-state index in [9.17, 15) is 9.59 Å². The molecule has 0 atom stereocenters. The largest absolute Gasteiger partial charge is 0.338 e. The molecule has 8 bridgehead atoms. The Morgan fingerprint density at radius 2 is 0.762 bits per heavy atom. The molecule has 234 valence electrons. The lowest BCUT2D eigenvalue weighted by molar-refractivity contribution is -0.0737. The number of piperazine rings is 2. The van der Waals surface area contributed by atoms with E-state index in [0.29, 0.717) is 13.1 Å². The van der Waals surface area contributed by atoms with Crippen molar-refractivity contribution in [2.24, 2.45) is 47.3 Å². The molecule has 0 aromatic heterocycles. The molecule has 42 heavy (non-hydrogen) atoms. The van der Waals surface area contributed by atoms with Gasteiger partial charge in [-0.1, -0.05) is 0 Å². The third kappa shape index (κ3) is 5.46. The number of amides is 4. The zero-order valence-electron chi connectivity index (χ0n) is 25.9. The van der Waals surface area contributed by atoms with Gasteiger partial charge >= 0.3 is 12.1 Å². The quantitative estimate of drug-likeness (QED) is 0.446. The highest BCUT2D eigenvalue weighted by molar-refractivity contribution is 5.74. The summed E-state index contributed by atoms with van der Waals surface area (Å²) in [7, 11) is 0. The van der Waals surface area contributed by atoms with Gasteiger partial charge < -0.3 is 20.4 Å².